The summed E-state index contributed by atoms with van der Waals surface area (Å²) in [6.07, 6.45) is 3.02. The van der Waals surface area contributed by atoms with Crippen molar-refractivity contribution in [3.05, 3.63) is 22.6 Å². The summed E-state index contributed by atoms with van der Waals surface area (Å²) < 4.78 is 4.68. The minimum atomic E-state index is -0.641. The Morgan fingerprint density at radius 3 is 3.23 bits per heavy atom. The van der Waals surface area contributed by atoms with Crippen molar-refractivity contribution in [1.29, 1.82) is 0 Å². The van der Waals surface area contributed by atoms with Gasteiger partial charge in [-0.2, -0.15) is 0 Å². The summed E-state index contributed by atoms with van der Waals surface area (Å²) in [5, 5.41) is 9.47. The highest BCUT2D eigenvalue weighted by Gasteiger charge is 2.17. The molecular formula is C6H10N4O3. The van der Waals surface area contributed by atoms with Gasteiger partial charge in [0.1, 0.15) is 0 Å². The minimum absolute atomic E-state index is 0.235. The van der Waals surface area contributed by atoms with Gasteiger partial charge in [0.05, 0.1) is 19.9 Å². The van der Waals surface area contributed by atoms with Gasteiger partial charge in [-0.25, -0.2) is 15.1 Å². The molecule has 0 aromatic carbocycles. The maximum atomic E-state index is 10.1. The van der Waals surface area contributed by atoms with Gasteiger partial charge in [0.2, 0.25) is 0 Å². The Kier molecular flexibility index (Phi) is 3.07. The average molecular weight is 186 g/mol. The predicted octanol–water partition coefficient (Wildman–Crippen LogP) is -0.443. The van der Waals surface area contributed by atoms with E-state index in [4.69, 9.17) is 0 Å². The van der Waals surface area contributed by atoms with Crippen LogP contribution < -0.4 is 5.43 Å². The molecule has 0 saturated heterocycles. The highest BCUT2D eigenvalue weighted by atomic mass is 16.7. The van der Waals surface area contributed by atoms with Gasteiger partial charge in [-0.3, -0.25) is 0 Å². The summed E-state index contributed by atoms with van der Waals surface area (Å²) >= 11 is 0. The second kappa shape index (κ2) is 4.29. The first-order valence-corrected chi connectivity index (χ1v) is 3.65. The average Bonchev–Trinajstić information content (AvgIpc) is 2.48. The number of ether oxygens (including phenoxy) is 1. The van der Waals surface area contributed by atoms with Crippen LogP contribution >= 0.6 is 0 Å². The van der Waals surface area contributed by atoms with Crippen LogP contribution in [0.15, 0.2) is 17.5 Å². The molecule has 0 aliphatic carbocycles. The number of guanidine groups is 1. The molecule has 0 atom stereocenters. The van der Waals surface area contributed by atoms with Crippen molar-refractivity contribution in [2.24, 2.45) is 4.99 Å². The fourth-order valence-corrected chi connectivity index (χ4v) is 0.921. The van der Waals surface area contributed by atoms with Crippen LogP contribution in [0.1, 0.15) is 0 Å². The van der Waals surface area contributed by atoms with E-state index in [9.17, 15) is 10.1 Å². The van der Waals surface area contributed by atoms with Gasteiger partial charge in [-0.1, -0.05) is 5.43 Å². The van der Waals surface area contributed by atoms with E-state index in [-0.39, 0.29) is 5.96 Å². The topological polar surface area (TPSA) is 80.0 Å². The lowest BCUT2D eigenvalue weighted by atomic mass is 10.6. The third-order valence-electron chi connectivity index (χ3n) is 1.44. The Bertz CT molecular complexity index is 250. The zero-order valence-corrected chi connectivity index (χ0v) is 7.14. The zero-order chi connectivity index (χ0) is 9.68. The van der Waals surface area contributed by atoms with Crippen LogP contribution in [0.3, 0.4) is 0 Å². The van der Waals surface area contributed by atoms with Crippen LogP contribution in [0.4, 0.5) is 0 Å². The van der Waals surface area contributed by atoms with E-state index in [0.29, 0.717) is 13.1 Å². The summed E-state index contributed by atoms with van der Waals surface area (Å²) in [7, 11) is 1.50. The molecule has 1 N–H and O–H groups in total. The van der Waals surface area contributed by atoms with E-state index in [1.807, 2.05) is 5.43 Å². The van der Waals surface area contributed by atoms with Crippen LogP contribution in [0.5, 0.6) is 0 Å². The number of nitrogens with one attached hydrogen (secondary N) is 1. The maximum absolute atomic E-state index is 10.1. The smallest absolute Gasteiger partial charge is 0.261 e. The molecule has 1 aliphatic heterocycles. The monoisotopic (exact) mass is 186 g/mol. The number of nitro groups is 1. The van der Waals surface area contributed by atoms with Gasteiger partial charge in [-0.05, 0) is 0 Å². The molecule has 0 aromatic heterocycles. The first-order chi connectivity index (χ1) is 6.24. The first-order valence-electron chi connectivity index (χ1n) is 3.65. The molecule has 0 unspecified atom stereocenters. The lowest BCUT2D eigenvalue weighted by Gasteiger charge is -2.11. The van der Waals surface area contributed by atoms with E-state index in [0.717, 1.165) is 0 Å². The highest BCUT2D eigenvalue weighted by molar-refractivity contribution is 5.81. The molecule has 0 fully saturated rings. The third kappa shape index (κ3) is 2.62. The molecule has 0 spiro atoms. The Morgan fingerprint density at radius 1 is 1.85 bits per heavy atom. The van der Waals surface area contributed by atoms with E-state index in [1.165, 1.54) is 13.4 Å². The molecule has 7 heteroatoms. The van der Waals surface area contributed by atoms with Crippen LogP contribution in [0.2, 0.25) is 0 Å². The van der Waals surface area contributed by atoms with E-state index >= 15 is 0 Å². The molecule has 0 amide bonds. The number of hydrazine groups is 1. The molecule has 72 valence electrons. The van der Waals surface area contributed by atoms with E-state index in [2.05, 4.69) is 9.73 Å². The number of aliphatic imine (C=N–C) groups is 1. The molecule has 0 radical (unpaired) electrons. The Hall–Kier alpha value is -1.79. The number of methoxy groups -OCH3 is 1. The van der Waals surface area contributed by atoms with Crippen molar-refractivity contribution >= 4 is 5.96 Å². The number of nitrogens with zero attached hydrogens (tertiary/aromatic N) is 3. The zero-order valence-electron chi connectivity index (χ0n) is 7.14. The molecular weight excluding hydrogens is 176 g/mol. The third-order valence-corrected chi connectivity index (χ3v) is 1.44. The van der Waals surface area contributed by atoms with Crippen LogP contribution in [-0.4, -0.2) is 36.1 Å². The molecule has 7 nitrogen and oxygen atoms in total. The van der Waals surface area contributed by atoms with Crippen molar-refractivity contribution in [1.82, 2.24) is 10.3 Å². The van der Waals surface area contributed by atoms with Crippen LogP contribution in [0.25, 0.3) is 0 Å². The molecule has 0 saturated carbocycles. The maximum Gasteiger partial charge on any atom is 0.261 e. The molecule has 0 aromatic rings. The second-order valence-corrected chi connectivity index (χ2v) is 2.29. The molecule has 1 rings (SSSR count). The standard InChI is InChI=1S/C6H10N4O3/c1-13-5-4-9-3-2-7-6(9)8-10(11)12/h4-5H,2-3H2,1H3,(H,7,8). The number of rotatable bonds is 3. The van der Waals surface area contributed by atoms with Gasteiger partial charge >= 0.3 is 0 Å². The van der Waals surface area contributed by atoms with Crippen LogP contribution in [0, 0.1) is 10.1 Å². The van der Waals surface area contributed by atoms with Gasteiger partial charge in [0, 0.05) is 12.7 Å². The quantitative estimate of drug-likeness (QED) is 0.367. The number of hydrogen-bond acceptors (Lipinski definition) is 5. The predicted molar refractivity (Wildman–Crippen MR) is 45.3 cm³/mol. The summed E-state index contributed by atoms with van der Waals surface area (Å²) in [5.41, 5.74) is 1.99. The van der Waals surface area contributed by atoms with Crippen molar-refractivity contribution in [3.8, 4) is 0 Å². The Balaban J connectivity index is 2.52. The summed E-state index contributed by atoms with van der Waals surface area (Å²) in [4.78, 5) is 15.6. The minimum Gasteiger partial charge on any atom is -0.503 e. The Morgan fingerprint density at radius 2 is 2.62 bits per heavy atom. The van der Waals surface area contributed by atoms with Crippen LogP contribution in [-0.2, 0) is 4.74 Å². The van der Waals surface area contributed by atoms with Crippen molar-refractivity contribution in [2.45, 2.75) is 0 Å². The highest BCUT2D eigenvalue weighted by Crippen LogP contribution is 1.99. The van der Waals surface area contributed by atoms with Crippen molar-refractivity contribution < 1.29 is 9.77 Å². The molecule has 0 bridgehead atoms. The summed E-state index contributed by atoms with van der Waals surface area (Å²) in [5.74, 6) is 0.235. The number of hydrogen-bond donors (Lipinski definition) is 1. The van der Waals surface area contributed by atoms with E-state index in [1.54, 1.807) is 11.1 Å². The molecule has 1 aliphatic rings. The van der Waals surface area contributed by atoms with Gasteiger partial charge in [0.15, 0.2) is 5.03 Å². The first kappa shape index (κ1) is 9.30. The molecule has 13 heavy (non-hydrogen) atoms. The lowest BCUT2D eigenvalue weighted by molar-refractivity contribution is -0.526. The van der Waals surface area contributed by atoms with Crippen molar-refractivity contribution in [3.63, 3.8) is 0 Å². The lowest BCUT2D eigenvalue weighted by Crippen LogP contribution is -2.38. The second-order valence-electron chi connectivity index (χ2n) is 2.29. The fraction of sp³-hybridized carbons (Fsp3) is 0.500. The molecule has 1 heterocycles. The van der Waals surface area contributed by atoms with E-state index < -0.39 is 5.03 Å². The fourth-order valence-electron chi connectivity index (χ4n) is 0.921. The van der Waals surface area contributed by atoms with Gasteiger partial charge in [-0.15, -0.1) is 0 Å². The largest absolute Gasteiger partial charge is 0.503 e. The van der Waals surface area contributed by atoms with Crippen molar-refractivity contribution in [2.75, 3.05) is 20.2 Å². The van der Waals surface area contributed by atoms with Gasteiger partial charge in [0.25, 0.3) is 5.96 Å². The van der Waals surface area contributed by atoms with Gasteiger partial charge < -0.3 is 9.64 Å². The Labute approximate surface area is 74.8 Å². The summed E-state index contributed by atoms with van der Waals surface area (Å²) in [6, 6.07) is 0. The summed E-state index contributed by atoms with van der Waals surface area (Å²) in [6.45, 7) is 1.17. The normalized spacial score (nSPS) is 16.1. The SMILES string of the molecule is COC=CN1CCN=C1N[N+](=O)[O-].